The molecule has 0 aromatic heterocycles. The molecule has 0 saturated heterocycles. The summed E-state index contributed by atoms with van der Waals surface area (Å²) in [6, 6.07) is 7.77. The first-order valence-corrected chi connectivity index (χ1v) is 9.12. The fourth-order valence-electron chi connectivity index (χ4n) is 3.18. The van der Waals surface area contributed by atoms with Gasteiger partial charge in [0, 0.05) is 12.5 Å². The highest BCUT2D eigenvalue weighted by atomic mass is 16.5. The van der Waals surface area contributed by atoms with E-state index in [2.05, 4.69) is 12.2 Å². The van der Waals surface area contributed by atoms with Crippen molar-refractivity contribution in [1.29, 1.82) is 0 Å². The SMILES string of the molecule is COc1ccc(CCC(=O)O[C@H](C)C(=O)N[C@@H]2CCCC[C@H]2C)cc1. The maximum Gasteiger partial charge on any atom is 0.306 e. The Morgan fingerprint density at radius 1 is 1.20 bits per heavy atom. The number of aryl methyl sites for hydroxylation is 1. The van der Waals surface area contributed by atoms with Gasteiger partial charge >= 0.3 is 5.97 Å². The van der Waals surface area contributed by atoms with Gasteiger partial charge in [0.05, 0.1) is 7.11 Å². The Kier molecular flexibility index (Phi) is 7.29. The van der Waals surface area contributed by atoms with Crippen molar-refractivity contribution in [3.63, 3.8) is 0 Å². The molecule has 1 aliphatic rings. The lowest BCUT2D eigenvalue weighted by molar-refractivity contribution is -0.155. The molecule has 1 aliphatic carbocycles. The molecule has 0 spiro atoms. The number of esters is 1. The van der Waals surface area contributed by atoms with Crippen molar-refractivity contribution in [1.82, 2.24) is 5.32 Å². The molecule has 0 bridgehead atoms. The quantitative estimate of drug-likeness (QED) is 0.769. The van der Waals surface area contributed by atoms with E-state index >= 15 is 0 Å². The summed E-state index contributed by atoms with van der Waals surface area (Å²) in [5.41, 5.74) is 1.03. The Morgan fingerprint density at radius 2 is 1.88 bits per heavy atom. The molecule has 1 N–H and O–H groups in total. The second-order valence-electron chi connectivity index (χ2n) is 6.86. The number of carbonyl (C=O) groups excluding carboxylic acids is 2. The van der Waals surface area contributed by atoms with Gasteiger partial charge in [-0.15, -0.1) is 0 Å². The lowest BCUT2D eigenvalue weighted by atomic mass is 9.86. The number of benzene rings is 1. The zero-order valence-electron chi connectivity index (χ0n) is 15.4. The molecule has 0 aliphatic heterocycles. The molecule has 138 valence electrons. The van der Waals surface area contributed by atoms with Gasteiger partial charge in [-0.05, 0) is 49.8 Å². The van der Waals surface area contributed by atoms with Crippen molar-refractivity contribution >= 4 is 11.9 Å². The third-order valence-corrected chi connectivity index (χ3v) is 4.89. The van der Waals surface area contributed by atoms with Crippen molar-refractivity contribution in [2.75, 3.05) is 7.11 Å². The Bertz CT molecular complexity index is 570. The van der Waals surface area contributed by atoms with Gasteiger partial charge in [-0.1, -0.05) is 31.9 Å². The number of ether oxygens (including phenoxy) is 2. The van der Waals surface area contributed by atoms with Gasteiger partial charge in [0.1, 0.15) is 5.75 Å². The summed E-state index contributed by atoms with van der Waals surface area (Å²) in [5.74, 6) is 0.718. The van der Waals surface area contributed by atoms with Crippen molar-refractivity contribution in [3.05, 3.63) is 29.8 Å². The maximum absolute atomic E-state index is 12.2. The number of amides is 1. The highest BCUT2D eigenvalue weighted by Gasteiger charge is 2.26. The summed E-state index contributed by atoms with van der Waals surface area (Å²) >= 11 is 0. The predicted octanol–water partition coefficient (Wildman–Crippen LogP) is 3.25. The van der Waals surface area contributed by atoms with E-state index in [-0.39, 0.29) is 24.3 Å². The minimum absolute atomic E-state index is 0.196. The summed E-state index contributed by atoms with van der Waals surface area (Å²) in [5, 5.41) is 3.03. The predicted molar refractivity (Wildman–Crippen MR) is 96.4 cm³/mol. The molecule has 25 heavy (non-hydrogen) atoms. The van der Waals surface area contributed by atoms with Crippen LogP contribution in [0.1, 0.15) is 51.5 Å². The number of hydrogen-bond acceptors (Lipinski definition) is 4. The average Bonchev–Trinajstić information content (AvgIpc) is 2.62. The van der Waals surface area contributed by atoms with Crippen LogP contribution in [0.4, 0.5) is 0 Å². The van der Waals surface area contributed by atoms with Gasteiger partial charge in [-0.2, -0.15) is 0 Å². The molecular formula is C20H29NO4. The standard InChI is InChI=1S/C20H29NO4/c1-14-6-4-5-7-18(14)21-20(23)15(2)25-19(22)13-10-16-8-11-17(24-3)12-9-16/h8-9,11-12,14-15,18H,4-7,10,13H2,1-3H3,(H,21,23)/t14-,15-,18-/m1/s1. The van der Waals surface area contributed by atoms with Crippen molar-refractivity contribution in [2.45, 2.75) is 64.5 Å². The Labute approximate surface area is 150 Å². The number of hydrogen-bond donors (Lipinski definition) is 1. The first-order valence-electron chi connectivity index (χ1n) is 9.12. The van der Waals surface area contributed by atoms with Gasteiger partial charge in [0.2, 0.25) is 0 Å². The first kappa shape index (κ1) is 19.3. The average molecular weight is 347 g/mol. The van der Waals surface area contributed by atoms with Crippen LogP contribution < -0.4 is 10.1 Å². The Morgan fingerprint density at radius 3 is 2.52 bits per heavy atom. The highest BCUT2D eigenvalue weighted by molar-refractivity contribution is 5.83. The third kappa shape index (κ3) is 6.07. The molecule has 0 radical (unpaired) electrons. The molecule has 2 rings (SSSR count). The van der Waals surface area contributed by atoms with Gasteiger partial charge in [-0.3, -0.25) is 9.59 Å². The molecule has 0 unspecified atom stereocenters. The molecule has 5 nitrogen and oxygen atoms in total. The fraction of sp³-hybridized carbons (Fsp3) is 0.600. The molecule has 1 aromatic rings. The summed E-state index contributed by atoms with van der Waals surface area (Å²) in [7, 11) is 1.62. The monoisotopic (exact) mass is 347 g/mol. The molecule has 1 fully saturated rings. The van der Waals surface area contributed by atoms with Gasteiger partial charge in [0.25, 0.3) is 5.91 Å². The van der Waals surface area contributed by atoms with Crippen LogP contribution >= 0.6 is 0 Å². The number of carbonyl (C=O) groups is 2. The van der Waals surface area contributed by atoms with Crippen LogP contribution in [-0.4, -0.2) is 31.1 Å². The van der Waals surface area contributed by atoms with Crippen LogP contribution in [0.2, 0.25) is 0 Å². The van der Waals surface area contributed by atoms with Crippen LogP contribution in [0.25, 0.3) is 0 Å². The lowest BCUT2D eigenvalue weighted by Crippen LogP contribution is -2.46. The Balaban J connectivity index is 1.73. The van der Waals surface area contributed by atoms with Gasteiger partial charge in [-0.25, -0.2) is 0 Å². The second kappa shape index (κ2) is 9.44. The third-order valence-electron chi connectivity index (χ3n) is 4.89. The molecular weight excluding hydrogens is 318 g/mol. The number of methoxy groups -OCH3 is 1. The molecule has 1 amide bonds. The number of nitrogens with one attached hydrogen (secondary N) is 1. The molecule has 1 saturated carbocycles. The summed E-state index contributed by atoms with van der Waals surface area (Å²) < 4.78 is 10.4. The van der Waals surface area contributed by atoms with E-state index in [1.54, 1.807) is 14.0 Å². The summed E-state index contributed by atoms with van der Waals surface area (Å²) in [4.78, 5) is 24.2. The lowest BCUT2D eigenvalue weighted by Gasteiger charge is -2.30. The van der Waals surface area contributed by atoms with Crippen LogP contribution in [0.3, 0.4) is 0 Å². The van der Waals surface area contributed by atoms with Crippen LogP contribution in [0.15, 0.2) is 24.3 Å². The minimum Gasteiger partial charge on any atom is -0.497 e. The normalized spacial score (nSPS) is 21.2. The summed E-state index contributed by atoms with van der Waals surface area (Å²) in [6.45, 7) is 3.80. The van der Waals surface area contributed by atoms with E-state index in [0.717, 1.165) is 30.6 Å². The van der Waals surface area contributed by atoms with E-state index in [1.807, 2.05) is 24.3 Å². The largest absolute Gasteiger partial charge is 0.497 e. The van der Waals surface area contributed by atoms with E-state index < -0.39 is 6.10 Å². The van der Waals surface area contributed by atoms with E-state index in [0.29, 0.717) is 12.3 Å². The first-order chi connectivity index (χ1) is 12.0. The summed E-state index contributed by atoms with van der Waals surface area (Å²) in [6.07, 6.45) is 4.60. The van der Waals surface area contributed by atoms with Gasteiger partial charge < -0.3 is 14.8 Å². The number of rotatable bonds is 7. The molecule has 0 heterocycles. The van der Waals surface area contributed by atoms with Crippen molar-refractivity contribution in [2.24, 2.45) is 5.92 Å². The van der Waals surface area contributed by atoms with E-state index in [4.69, 9.17) is 9.47 Å². The van der Waals surface area contributed by atoms with Crippen molar-refractivity contribution in [3.8, 4) is 5.75 Å². The zero-order valence-corrected chi connectivity index (χ0v) is 15.4. The fourth-order valence-corrected chi connectivity index (χ4v) is 3.18. The van der Waals surface area contributed by atoms with Crippen LogP contribution in [-0.2, 0) is 20.7 Å². The zero-order chi connectivity index (χ0) is 18.2. The Hall–Kier alpha value is -2.04. The van der Waals surface area contributed by atoms with Gasteiger partial charge in [0.15, 0.2) is 6.10 Å². The highest BCUT2D eigenvalue weighted by Crippen LogP contribution is 2.23. The van der Waals surface area contributed by atoms with E-state index in [1.165, 1.54) is 6.42 Å². The van der Waals surface area contributed by atoms with Crippen LogP contribution in [0, 0.1) is 5.92 Å². The molecule has 5 heteroatoms. The molecule has 3 atom stereocenters. The maximum atomic E-state index is 12.2. The molecule has 1 aromatic carbocycles. The van der Waals surface area contributed by atoms with Crippen LogP contribution in [0.5, 0.6) is 5.75 Å². The van der Waals surface area contributed by atoms with Crippen molar-refractivity contribution < 1.29 is 19.1 Å². The second-order valence-corrected chi connectivity index (χ2v) is 6.86. The van der Waals surface area contributed by atoms with E-state index in [9.17, 15) is 9.59 Å². The minimum atomic E-state index is -0.752. The topological polar surface area (TPSA) is 64.6 Å². The smallest absolute Gasteiger partial charge is 0.306 e.